The van der Waals surface area contributed by atoms with Crippen molar-refractivity contribution < 1.29 is 9.59 Å². The van der Waals surface area contributed by atoms with E-state index >= 15 is 0 Å². The van der Waals surface area contributed by atoms with Gasteiger partial charge in [-0.25, -0.2) is 4.52 Å². The van der Waals surface area contributed by atoms with E-state index in [4.69, 9.17) is 11.6 Å². The highest BCUT2D eigenvalue weighted by Gasteiger charge is 2.18. The van der Waals surface area contributed by atoms with Crippen LogP contribution in [0.3, 0.4) is 0 Å². The van der Waals surface area contributed by atoms with Gasteiger partial charge in [0, 0.05) is 48.7 Å². The number of nitrogens with zero attached hydrogens (tertiary/aromatic N) is 3. The highest BCUT2D eigenvalue weighted by molar-refractivity contribution is 6.30. The summed E-state index contributed by atoms with van der Waals surface area (Å²) in [4.78, 5) is 26.4. The van der Waals surface area contributed by atoms with Gasteiger partial charge in [0.2, 0.25) is 0 Å². The maximum absolute atomic E-state index is 13.0. The molecule has 152 valence electrons. The number of aromatic nitrogens is 2. The number of halogens is 1. The van der Waals surface area contributed by atoms with E-state index in [-0.39, 0.29) is 11.8 Å². The first-order valence-electron chi connectivity index (χ1n) is 9.36. The molecule has 3 aromatic rings. The van der Waals surface area contributed by atoms with Gasteiger partial charge in [0.25, 0.3) is 11.8 Å². The molecule has 2 N–H and O–H groups in total. The van der Waals surface area contributed by atoms with Crippen LogP contribution in [0.1, 0.15) is 15.9 Å². The van der Waals surface area contributed by atoms with E-state index in [2.05, 4.69) is 15.7 Å². The molecule has 7 nitrogen and oxygen atoms in total. The fourth-order valence-electron chi connectivity index (χ4n) is 3.30. The molecule has 4 rings (SSSR count). The number of likely N-dealkylation sites (N-methyl/N-ethyl adjacent to an activating group) is 1. The molecule has 0 radical (unpaired) electrons. The third-order valence-corrected chi connectivity index (χ3v) is 5.28. The number of anilines is 1. The fourth-order valence-corrected chi connectivity index (χ4v) is 3.43. The van der Waals surface area contributed by atoms with E-state index in [9.17, 15) is 9.59 Å². The lowest BCUT2D eigenvalue weighted by atomic mass is 10.0. The Labute approximate surface area is 178 Å². The van der Waals surface area contributed by atoms with Gasteiger partial charge in [0.1, 0.15) is 5.70 Å². The number of hydrogen-bond acceptors (Lipinski definition) is 4. The van der Waals surface area contributed by atoms with Crippen molar-refractivity contribution in [3.63, 3.8) is 0 Å². The molecule has 0 unspecified atom stereocenters. The molecule has 0 saturated heterocycles. The molecule has 2 aromatic heterocycles. The van der Waals surface area contributed by atoms with Crippen molar-refractivity contribution in [2.75, 3.05) is 25.5 Å². The molecule has 8 heteroatoms. The molecule has 0 fully saturated rings. The predicted octanol–water partition coefficient (Wildman–Crippen LogP) is 2.88. The van der Waals surface area contributed by atoms with E-state index in [0.717, 1.165) is 22.3 Å². The largest absolute Gasteiger partial charge is 0.376 e. The average Bonchev–Trinajstić information content (AvgIpc) is 3.21. The summed E-state index contributed by atoms with van der Waals surface area (Å²) < 4.78 is 1.73. The number of pyridine rings is 1. The monoisotopic (exact) mass is 421 g/mol. The summed E-state index contributed by atoms with van der Waals surface area (Å²) >= 11 is 5.94. The molecule has 0 spiro atoms. The molecule has 30 heavy (non-hydrogen) atoms. The lowest BCUT2D eigenvalue weighted by molar-refractivity contribution is -0.117. The van der Waals surface area contributed by atoms with Crippen LogP contribution in [0, 0.1) is 0 Å². The quantitative estimate of drug-likeness (QED) is 0.679. The normalized spacial score (nSPS) is 13.3. The molecule has 3 heterocycles. The van der Waals surface area contributed by atoms with Crippen LogP contribution in [0.2, 0.25) is 5.02 Å². The van der Waals surface area contributed by atoms with Gasteiger partial charge < -0.3 is 15.5 Å². The maximum atomic E-state index is 13.0. The number of allylic oxidation sites excluding steroid dienone is 2. The van der Waals surface area contributed by atoms with Gasteiger partial charge in [-0.1, -0.05) is 17.7 Å². The third kappa shape index (κ3) is 3.67. The summed E-state index contributed by atoms with van der Waals surface area (Å²) in [5.41, 5.74) is 4.51. The number of carbonyl (C=O) groups excluding carboxylic acids is 2. The lowest BCUT2D eigenvalue weighted by Gasteiger charge is -2.18. The minimum atomic E-state index is -0.164. The molecular formula is C22H20ClN5O2. The topological polar surface area (TPSA) is 78.7 Å². The zero-order chi connectivity index (χ0) is 21.3. The third-order valence-electron chi connectivity index (χ3n) is 5.03. The first-order chi connectivity index (χ1) is 14.5. The van der Waals surface area contributed by atoms with Crippen LogP contribution in [0.15, 0.2) is 66.6 Å². The molecule has 0 saturated carbocycles. The summed E-state index contributed by atoms with van der Waals surface area (Å²) in [5.74, 6) is -0.298. The SMILES string of the molecule is CNC(=O)C1=CC=C(c2cnn3ccc(C(=O)N(C)c4ccc(Cl)cc4)cc23)CN1. The summed E-state index contributed by atoms with van der Waals surface area (Å²) in [6.45, 7) is 0.490. The molecular weight excluding hydrogens is 402 g/mol. The van der Waals surface area contributed by atoms with Gasteiger partial charge >= 0.3 is 0 Å². The zero-order valence-corrected chi connectivity index (χ0v) is 17.3. The number of carbonyl (C=O) groups is 2. The summed E-state index contributed by atoms with van der Waals surface area (Å²) in [7, 11) is 3.32. The van der Waals surface area contributed by atoms with Crippen LogP contribution in [0.25, 0.3) is 11.1 Å². The number of hydrogen-bond donors (Lipinski definition) is 2. The van der Waals surface area contributed by atoms with Crippen molar-refractivity contribution in [1.29, 1.82) is 0 Å². The predicted molar refractivity (Wildman–Crippen MR) is 118 cm³/mol. The number of fused-ring (bicyclic) bond motifs is 1. The van der Waals surface area contributed by atoms with Gasteiger partial charge in [-0.3, -0.25) is 9.59 Å². The van der Waals surface area contributed by atoms with E-state index in [1.54, 1.807) is 72.3 Å². The average molecular weight is 422 g/mol. The van der Waals surface area contributed by atoms with Gasteiger partial charge in [-0.05, 0) is 48.0 Å². The fraction of sp³-hybridized carbons (Fsp3) is 0.136. The van der Waals surface area contributed by atoms with Gasteiger partial charge in [0.15, 0.2) is 0 Å². The Morgan fingerprint density at radius 1 is 1.20 bits per heavy atom. The van der Waals surface area contributed by atoms with E-state index in [1.165, 1.54) is 0 Å². The van der Waals surface area contributed by atoms with E-state index < -0.39 is 0 Å². The molecule has 1 aromatic carbocycles. The van der Waals surface area contributed by atoms with Crippen LogP contribution in [0.5, 0.6) is 0 Å². The smallest absolute Gasteiger partial charge is 0.267 e. The second-order valence-corrected chi connectivity index (χ2v) is 7.29. The number of amides is 2. The van der Waals surface area contributed by atoms with Crippen LogP contribution in [-0.2, 0) is 4.79 Å². The van der Waals surface area contributed by atoms with Gasteiger partial charge in [0.05, 0.1) is 11.7 Å². The van der Waals surface area contributed by atoms with E-state index in [0.29, 0.717) is 22.8 Å². The van der Waals surface area contributed by atoms with Crippen molar-refractivity contribution in [3.05, 3.63) is 82.8 Å². The van der Waals surface area contributed by atoms with Crippen molar-refractivity contribution in [2.24, 2.45) is 0 Å². The van der Waals surface area contributed by atoms with Crippen molar-refractivity contribution >= 4 is 40.2 Å². The Morgan fingerprint density at radius 2 is 1.97 bits per heavy atom. The zero-order valence-electron chi connectivity index (χ0n) is 16.5. The van der Waals surface area contributed by atoms with Crippen molar-refractivity contribution in [1.82, 2.24) is 20.2 Å². The van der Waals surface area contributed by atoms with E-state index in [1.807, 2.05) is 12.1 Å². The molecule has 1 aliphatic rings. The molecule has 0 atom stereocenters. The Kier molecular flexibility index (Phi) is 5.29. The van der Waals surface area contributed by atoms with Crippen LogP contribution in [0.4, 0.5) is 5.69 Å². The Bertz CT molecular complexity index is 1190. The summed E-state index contributed by atoms with van der Waals surface area (Å²) in [5, 5.41) is 10.7. The highest BCUT2D eigenvalue weighted by Crippen LogP contribution is 2.24. The standard InChI is InChI=1S/C22H20ClN5O2/c1-24-21(29)19-8-3-15(12-25-19)18-13-26-28-10-9-14(11-20(18)28)22(30)27(2)17-6-4-16(23)5-7-17/h3-11,13,25H,12H2,1-2H3,(H,24,29). The highest BCUT2D eigenvalue weighted by atomic mass is 35.5. The van der Waals surface area contributed by atoms with Gasteiger partial charge in [-0.15, -0.1) is 0 Å². The molecule has 0 aliphatic carbocycles. The minimum absolute atomic E-state index is 0.135. The maximum Gasteiger partial charge on any atom is 0.267 e. The van der Waals surface area contributed by atoms with Crippen LogP contribution in [-0.4, -0.2) is 42.1 Å². The first kappa shape index (κ1) is 19.7. The van der Waals surface area contributed by atoms with Crippen LogP contribution < -0.4 is 15.5 Å². The van der Waals surface area contributed by atoms with Crippen molar-refractivity contribution in [2.45, 2.75) is 0 Å². The molecule has 0 bridgehead atoms. The number of nitrogens with one attached hydrogen (secondary N) is 2. The minimum Gasteiger partial charge on any atom is -0.376 e. The lowest BCUT2D eigenvalue weighted by Crippen LogP contribution is -2.31. The first-order valence-corrected chi connectivity index (χ1v) is 9.74. The molecule has 2 amide bonds. The Morgan fingerprint density at radius 3 is 2.63 bits per heavy atom. The summed E-state index contributed by atoms with van der Waals surface area (Å²) in [6.07, 6.45) is 7.17. The Hall–Kier alpha value is -3.58. The summed E-state index contributed by atoms with van der Waals surface area (Å²) in [6, 6.07) is 10.7. The van der Waals surface area contributed by atoms with Gasteiger partial charge in [-0.2, -0.15) is 5.10 Å². The van der Waals surface area contributed by atoms with Crippen LogP contribution >= 0.6 is 11.6 Å². The Balaban J connectivity index is 1.66. The second-order valence-electron chi connectivity index (χ2n) is 6.85. The number of benzene rings is 1. The molecule has 1 aliphatic heterocycles. The number of dihydropyridines is 1. The second kappa shape index (κ2) is 8.04. The van der Waals surface area contributed by atoms with Crippen molar-refractivity contribution in [3.8, 4) is 0 Å². The number of rotatable bonds is 4.